The molecule has 0 bridgehead atoms. The Labute approximate surface area is 103 Å². The van der Waals surface area contributed by atoms with Crippen molar-refractivity contribution in [1.29, 1.82) is 0 Å². The summed E-state index contributed by atoms with van der Waals surface area (Å²) in [6.07, 6.45) is 2.70. The van der Waals surface area contributed by atoms with Gasteiger partial charge in [-0.15, -0.1) is 0 Å². The first-order valence-electron chi connectivity index (χ1n) is 5.65. The van der Waals surface area contributed by atoms with Gasteiger partial charge < -0.3 is 14.7 Å². The Morgan fingerprint density at radius 2 is 2.18 bits per heavy atom. The molecule has 4 nitrogen and oxygen atoms in total. The third kappa shape index (κ3) is 4.44. The summed E-state index contributed by atoms with van der Waals surface area (Å²) in [5, 5.41) is 9.81. The number of phenolic OH excluding ortho intramolecular Hbond substituents is 1. The van der Waals surface area contributed by atoms with Crippen LogP contribution in [0.2, 0.25) is 0 Å². The lowest BCUT2D eigenvalue weighted by Crippen LogP contribution is -2.13. The molecule has 0 aliphatic rings. The molecule has 0 spiro atoms. The van der Waals surface area contributed by atoms with Gasteiger partial charge in [0.1, 0.15) is 0 Å². The quantitative estimate of drug-likeness (QED) is 0.605. The van der Waals surface area contributed by atoms with Gasteiger partial charge in [-0.3, -0.25) is 4.99 Å². The molecule has 0 amide bonds. The van der Waals surface area contributed by atoms with E-state index in [1.807, 2.05) is 26.2 Å². The first-order chi connectivity index (χ1) is 8.15. The van der Waals surface area contributed by atoms with Gasteiger partial charge in [0.15, 0.2) is 11.5 Å². The molecule has 0 saturated carbocycles. The molecule has 0 aliphatic heterocycles. The van der Waals surface area contributed by atoms with Gasteiger partial charge >= 0.3 is 0 Å². The molecular formula is C13H20N2O2. The number of aromatic hydroxyl groups is 1. The Hall–Kier alpha value is -1.55. The van der Waals surface area contributed by atoms with Gasteiger partial charge in [-0.1, -0.05) is 6.07 Å². The first kappa shape index (κ1) is 13.5. The fourth-order valence-corrected chi connectivity index (χ4v) is 1.45. The van der Waals surface area contributed by atoms with E-state index >= 15 is 0 Å². The predicted octanol–water partition coefficient (Wildman–Crippen LogP) is 1.77. The van der Waals surface area contributed by atoms with Crippen LogP contribution in [0, 0.1) is 0 Å². The van der Waals surface area contributed by atoms with Crippen LogP contribution in [0.25, 0.3) is 0 Å². The number of hydrogen-bond donors (Lipinski definition) is 1. The van der Waals surface area contributed by atoms with Crippen LogP contribution in [-0.2, 0) is 0 Å². The van der Waals surface area contributed by atoms with Crippen LogP contribution in [0.15, 0.2) is 23.2 Å². The van der Waals surface area contributed by atoms with E-state index in [9.17, 15) is 5.11 Å². The number of aliphatic imine (C=N–C) groups is 1. The van der Waals surface area contributed by atoms with Crippen LogP contribution in [0.1, 0.15) is 12.0 Å². The zero-order valence-corrected chi connectivity index (χ0v) is 10.7. The molecule has 0 radical (unpaired) electrons. The summed E-state index contributed by atoms with van der Waals surface area (Å²) in [4.78, 5) is 6.41. The van der Waals surface area contributed by atoms with Crippen LogP contribution in [0.3, 0.4) is 0 Å². The molecule has 94 valence electrons. The number of benzene rings is 1. The van der Waals surface area contributed by atoms with E-state index < -0.39 is 0 Å². The number of phenols is 1. The maximum atomic E-state index is 9.81. The minimum atomic E-state index is 0.145. The third-order valence-corrected chi connectivity index (χ3v) is 2.37. The normalized spacial score (nSPS) is 11.3. The molecule has 0 atom stereocenters. The van der Waals surface area contributed by atoms with Gasteiger partial charge in [0.2, 0.25) is 0 Å². The second kappa shape index (κ2) is 6.91. The van der Waals surface area contributed by atoms with Crippen molar-refractivity contribution in [1.82, 2.24) is 4.90 Å². The van der Waals surface area contributed by atoms with Crippen molar-refractivity contribution in [3.05, 3.63) is 23.8 Å². The second-order valence-corrected chi connectivity index (χ2v) is 4.09. The molecule has 1 N–H and O–H groups in total. The fourth-order valence-electron chi connectivity index (χ4n) is 1.45. The number of ether oxygens (including phenoxy) is 1. The van der Waals surface area contributed by atoms with Crippen molar-refractivity contribution in [2.45, 2.75) is 6.42 Å². The highest BCUT2D eigenvalue weighted by atomic mass is 16.5. The fraction of sp³-hybridized carbons (Fsp3) is 0.462. The Bertz CT molecular complexity index is 376. The summed E-state index contributed by atoms with van der Waals surface area (Å²) >= 11 is 0. The molecule has 0 aliphatic carbocycles. The minimum absolute atomic E-state index is 0.145. The monoisotopic (exact) mass is 236 g/mol. The van der Waals surface area contributed by atoms with Gasteiger partial charge in [0.05, 0.1) is 7.11 Å². The van der Waals surface area contributed by atoms with Gasteiger partial charge in [-0.25, -0.2) is 0 Å². The highest BCUT2D eigenvalue weighted by molar-refractivity contribution is 5.84. The molecule has 4 heteroatoms. The highest BCUT2D eigenvalue weighted by Gasteiger charge is 2.04. The van der Waals surface area contributed by atoms with E-state index in [0.29, 0.717) is 11.3 Å². The predicted molar refractivity (Wildman–Crippen MR) is 70.3 cm³/mol. The summed E-state index contributed by atoms with van der Waals surface area (Å²) in [6, 6.07) is 5.37. The number of para-hydroxylation sites is 1. The Balaban J connectivity index is 2.53. The average Bonchev–Trinajstić information content (AvgIpc) is 2.30. The van der Waals surface area contributed by atoms with Crippen molar-refractivity contribution in [3.63, 3.8) is 0 Å². The van der Waals surface area contributed by atoms with Crippen molar-refractivity contribution < 1.29 is 9.84 Å². The molecule has 1 rings (SSSR count). The summed E-state index contributed by atoms with van der Waals surface area (Å²) in [6.45, 7) is 1.77. The topological polar surface area (TPSA) is 45.1 Å². The van der Waals surface area contributed by atoms with E-state index in [4.69, 9.17) is 4.74 Å². The van der Waals surface area contributed by atoms with Crippen molar-refractivity contribution in [2.24, 2.45) is 4.99 Å². The summed E-state index contributed by atoms with van der Waals surface area (Å²) in [7, 11) is 5.61. The van der Waals surface area contributed by atoms with Gasteiger partial charge in [0.25, 0.3) is 0 Å². The average molecular weight is 236 g/mol. The summed E-state index contributed by atoms with van der Waals surface area (Å²) in [5.41, 5.74) is 0.689. The van der Waals surface area contributed by atoms with E-state index in [0.717, 1.165) is 19.5 Å². The number of methoxy groups -OCH3 is 1. The minimum Gasteiger partial charge on any atom is -0.504 e. The van der Waals surface area contributed by atoms with E-state index in [1.165, 1.54) is 7.11 Å². The van der Waals surface area contributed by atoms with E-state index in [2.05, 4.69) is 9.89 Å². The zero-order chi connectivity index (χ0) is 12.7. The van der Waals surface area contributed by atoms with E-state index in [-0.39, 0.29) is 5.75 Å². The maximum absolute atomic E-state index is 9.81. The highest BCUT2D eigenvalue weighted by Crippen LogP contribution is 2.27. The molecule has 1 aromatic carbocycles. The maximum Gasteiger partial charge on any atom is 0.166 e. The largest absolute Gasteiger partial charge is 0.504 e. The number of rotatable bonds is 6. The Morgan fingerprint density at radius 3 is 2.82 bits per heavy atom. The van der Waals surface area contributed by atoms with Crippen LogP contribution in [-0.4, -0.2) is 50.5 Å². The third-order valence-electron chi connectivity index (χ3n) is 2.37. The van der Waals surface area contributed by atoms with Gasteiger partial charge in [-0.05, 0) is 39.2 Å². The zero-order valence-electron chi connectivity index (χ0n) is 10.7. The smallest absolute Gasteiger partial charge is 0.166 e. The molecule has 1 aromatic rings. The SMILES string of the molecule is COc1cccc(C=NCCCN(C)C)c1O. The van der Waals surface area contributed by atoms with Crippen LogP contribution in [0.4, 0.5) is 0 Å². The van der Waals surface area contributed by atoms with Crippen molar-refractivity contribution >= 4 is 6.21 Å². The van der Waals surface area contributed by atoms with Crippen molar-refractivity contribution in [3.8, 4) is 11.5 Å². The number of hydrogen-bond acceptors (Lipinski definition) is 4. The Kier molecular flexibility index (Phi) is 5.49. The van der Waals surface area contributed by atoms with Crippen LogP contribution < -0.4 is 4.74 Å². The lowest BCUT2D eigenvalue weighted by atomic mass is 10.2. The number of nitrogens with zero attached hydrogens (tertiary/aromatic N) is 2. The lowest BCUT2D eigenvalue weighted by Gasteiger charge is -2.07. The standard InChI is InChI=1S/C13H20N2O2/c1-15(2)9-5-8-14-10-11-6-4-7-12(17-3)13(11)16/h4,6-7,10,16H,5,8-9H2,1-3H3. The Morgan fingerprint density at radius 1 is 1.41 bits per heavy atom. The summed E-state index contributed by atoms with van der Waals surface area (Å²) < 4.78 is 5.03. The molecule has 0 aromatic heterocycles. The molecule has 17 heavy (non-hydrogen) atoms. The summed E-state index contributed by atoms with van der Waals surface area (Å²) in [5.74, 6) is 0.619. The molecular weight excluding hydrogens is 216 g/mol. The van der Waals surface area contributed by atoms with Gasteiger partial charge in [0, 0.05) is 18.3 Å². The van der Waals surface area contributed by atoms with Crippen molar-refractivity contribution in [2.75, 3.05) is 34.3 Å². The van der Waals surface area contributed by atoms with Crippen LogP contribution in [0.5, 0.6) is 11.5 Å². The van der Waals surface area contributed by atoms with Crippen LogP contribution >= 0.6 is 0 Å². The molecule has 0 unspecified atom stereocenters. The lowest BCUT2D eigenvalue weighted by molar-refractivity contribution is 0.373. The molecule has 0 saturated heterocycles. The van der Waals surface area contributed by atoms with Gasteiger partial charge in [-0.2, -0.15) is 0 Å². The van der Waals surface area contributed by atoms with E-state index in [1.54, 1.807) is 12.3 Å². The molecule has 0 heterocycles. The molecule has 0 fully saturated rings. The first-order valence-corrected chi connectivity index (χ1v) is 5.65. The second-order valence-electron chi connectivity index (χ2n) is 4.09.